The summed E-state index contributed by atoms with van der Waals surface area (Å²) in [5.74, 6) is 0. The molecule has 2 aromatic rings. The van der Waals surface area contributed by atoms with Crippen molar-refractivity contribution in [1.82, 2.24) is 4.90 Å². The van der Waals surface area contributed by atoms with Gasteiger partial charge in [0.15, 0.2) is 0 Å². The van der Waals surface area contributed by atoms with Gasteiger partial charge in [0.1, 0.15) is 0 Å². The molecule has 1 aliphatic heterocycles. The van der Waals surface area contributed by atoms with Gasteiger partial charge in [-0.2, -0.15) is 13.2 Å². The van der Waals surface area contributed by atoms with Crippen molar-refractivity contribution in [2.24, 2.45) is 0 Å². The highest BCUT2D eigenvalue weighted by Crippen LogP contribution is 2.33. The Morgan fingerprint density at radius 1 is 0.967 bits per heavy atom. The summed E-state index contributed by atoms with van der Waals surface area (Å²) in [7, 11) is 0. The van der Waals surface area contributed by atoms with Crippen LogP contribution < -0.4 is 0 Å². The first-order chi connectivity index (χ1) is 14.0. The summed E-state index contributed by atoms with van der Waals surface area (Å²) >= 11 is 0. The van der Waals surface area contributed by atoms with Gasteiger partial charge in [-0.25, -0.2) is 0 Å². The largest absolute Gasteiger partial charge is 0.416 e. The van der Waals surface area contributed by atoms with Crippen LogP contribution in [0.2, 0.25) is 0 Å². The van der Waals surface area contributed by atoms with E-state index in [9.17, 15) is 23.4 Å². The van der Waals surface area contributed by atoms with Gasteiger partial charge >= 0.3 is 6.18 Å². The highest BCUT2D eigenvalue weighted by Gasteiger charge is 2.35. The van der Waals surface area contributed by atoms with E-state index in [0.717, 1.165) is 23.3 Å². The number of benzene rings is 2. The van der Waals surface area contributed by atoms with Gasteiger partial charge in [-0.15, -0.1) is 0 Å². The fraction of sp³-hybridized carbons (Fsp3) is 0.500. The van der Waals surface area contributed by atoms with Gasteiger partial charge in [0.2, 0.25) is 0 Å². The van der Waals surface area contributed by atoms with Gasteiger partial charge < -0.3 is 10.2 Å². The summed E-state index contributed by atoms with van der Waals surface area (Å²) in [5.41, 5.74) is 0.705. The predicted octanol–water partition coefficient (Wildman–Crippen LogP) is 4.90. The van der Waals surface area contributed by atoms with Gasteiger partial charge in [-0.05, 0) is 62.4 Å². The maximum absolute atomic E-state index is 12.9. The van der Waals surface area contributed by atoms with Crippen LogP contribution in [0.1, 0.15) is 44.7 Å². The number of hydrogen-bond acceptors (Lipinski definition) is 3. The minimum absolute atomic E-state index is 0.167. The van der Waals surface area contributed by atoms with E-state index in [4.69, 9.17) is 0 Å². The number of piperidine rings is 1. The molecule has 3 unspecified atom stereocenters. The molecule has 2 aromatic carbocycles. The van der Waals surface area contributed by atoms with E-state index >= 15 is 0 Å². The van der Waals surface area contributed by atoms with Crippen molar-refractivity contribution in [2.75, 3.05) is 6.54 Å². The summed E-state index contributed by atoms with van der Waals surface area (Å²) in [6.07, 6.45) is -2.93. The van der Waals surface area contributed by atoms with E-state index < -0.39 is 17.3 Å². The van der Waals surface area contributed by atoms with Crippen LogP contribution in [0.4, 0.5) is 13.2 Å². The molecule has 3 atom stereocenters. The molecule has 0 bridgehead atoms. The highest BCUT2D eigenvalue weighted by atomic mass is 19.4. The molecule has 0 aliphatic carbocycles. The predicted molar refractivity (Wildman–Crippen MR) is 112 cm³/mol. The molecule has 3 rings (SSSR count). The van der Waals surface area contributed by atoms with Crippen LogP contribution in [0, 0.1) is 0 Å². The van der Waals surface area contributed by atoms with Gasteiger partial charge in [-0.1, -0.05) is 36.4 Å². The monoisotopic (exact) mass is 421 g/mol. The maximum atomic E-state index is 12.9. The Bertz CT molecular complexity index is 836. The van der Waals surface area contributed by atoms with Crippen molar-refractivity contribution in [1.29, 1.82) is 0 Å². The van der Waals surface area contributed by atoms with Crippen LogP contribution in [-0.2, 0) is 12.6 Å². The summed E-state index contributed by atoms with van der Waals surface area (Å²) < 4.78 is 38.6. The molecule has 1 fully saturated rings. The zero-order chi connectivity index (χ0) is 22.1. The van der Waals surface area contributed by atoms with E-state index in [0.29, 0.717) is 31.4 Å². The molecule has 2 N–H and O–H groups in total. The van der Waals surface area contributed by atoms with E-state index in [1.807, 2.05) is 24.3 Å². The van der Waals surface area contributed by atoms with Crippen molar-refractivity contribution < 1.29 is 23.4 Å². The molecule has 6 heteroatoms. The van der Waals surface area contributed by atoms with Crippen LogP contribution in [0.25, 0.3) is 11.1 Å². The Hall–Kier alpha value is -1.89. The zero-order valence-electron chi connectivity index (χ0n) is 17.7. The summed E-state index contributed by atoms with van der Waals surface area (Å²) in [4.78, 5) is 2.23. The number of alkyl halides is 3. The molecule has 3 nitrogen and oxygen atoms in total. The number of rotatable bonds is 5. The fourth-order valence-electron chi connectivity index (χ4n) is 4.55. The Balaban J connectivity index is 1.80. The van der Waals surface area contributed by atoms with E-state index in [1.165, 1.54) is 12.1 Å². The normalized spacial score (nSPS) is 25.1. The van der Waals surface area contributed by atoms with Crippen molar-refractivity contribution in [2.45, 2.75) is 70.0 Å². The number of aliphatic hydroxyl groups excluding tert-OH is 1. The Labute approximate surface area is 176 Å². The van der Waals surface area contributed by atoms with Crippen molar-refractivity contribution in [3.05, 3.63) is 59.7 Å². The van der Waals surface area contributed by atoms with Crippen molar-refractivity contribution in [3.63, 3.8) is 0 Å². The van der Waals surface area contributed by atoms with Gasteiger partial charge in [-0.3, -0.25) is 4.90 Å². The number of nitrogens with zero attached hydrogens (tertiary/aromatic N) is 1. The molecule has 1 heterocycles. The minimum atomic E-state index is -4.36. The highest BCUT2D eigenvalue weighted by molar-refractivity contribution is 5.67. The first-order valence-corrected chi connectivity index (χ1v) is 10.4. The van der Waals surface area contributed by atoms with Crippen LogP contribution in [-0.4, -0.2) is 45.4 Å². The van der Waals surface area contributed by atoms with Gasteiger partial charge in [0.05, 0.1) is 17.3 Å². The first-order valence-electron chi connectivity index (χ1n) is 10.4. The second-order valence-corrected chi connectivity index (χ2v) is 8.90. The molecule has 1 saturated heterocycles. The lowest BCUT2D eigenvalue weighted by atomic mass is 9.87. The third kappa shape index (κ3) is 5.42. The number of β-amino-alcohol motifs (C(OH)–C–C–N with tert-alkyl or cyclic N) is 1. The second kappa shape index (κ2) is 8.69. The number of hydrogen-bond donors (Lipinski definition) is 2. The van der Waals surface area contributed by atoms with Crippen LogP contribution >= 0.6 is 0 Å². The third-order valence-corrected chi connectivity index (χ3v) is 5.99. The lowest BCUT2D eigenvalue weighted by Gasteiger charge is -2.44. The molecular formula is C24H30F3NO2. The third-order valence-electron chi connectivity index (χ3n) is 5.99. The molecule has 0 amide bonds. The molecule has 0 radical (unpaired) electrons. The van der Waals surface area contributed by atoms with E-state index in [2.05, 4.69) is 18.7 Å². The average Bonchev–Trinajstić information content (AvgIpc) is 2.64. The van der Waals surface area contributed by atoms with E-state index in [1.54, 1.807) is 6.92 Å². The minimum Gasteiger partial charge on any atom is -0.393 e. The lowest BCUT2D eigenvalue weighted by molar-refractivity contribution is -0.137. The summed E-state index contributed by atoms with van der Waals surface area (Å²) in [5, 5.41) is 21.2. The topological polar surface area (TPSA) is 43.7 Å². The average molecular weight is 422 g/mol. The lowest BCUT2D eigenvalue weighted by Crippen LogP contribution is -2.54. The molecule has 0 aromatic heterocycles. The summed E-state index contributed by atoms with van der Waals surface area (Å²) in [6, 6.07) is 13.0. The molecular weight excluding hydrogens is 391 g/mol. The Morgan fingerprint density at radius 2 is 1.53 bits per heavy atom. The standard InChI is InChI=1S/C24H30F3NO2/c1-16-12-21(29)13-17(2)28(16)15-23(3,30)14-19-6-4-5-7-22(19)18-8-10-20(11-9-18)24(25,26)27/h4-11,16-17,21,29-30H,12-15H2,1-3H3. The molecule has 164 valence electrons. The molecule has 0 spiro atoms. The maximum Gasteiger partial charge on any atom is 0.416 e. The zero-order valence-corrected chi connectivity index (χ0v) is 17.7. The Kier molecular flexibility index (Phi) is 6.60. The van der Waals surface area contributed by atoms with Crippen LogP contribution in [0.15, 0.2) is 48.5 Å². The van der Waals surface area contributed by atoms with Crippen LogP contribution in [0.3, 0.4) is 0 Å². The number of likely N-dealkylation sites (tertiary alicyclic amines) is 1. The van der Waals surface area contributed by atoms with Gasteiger partial charge in [0.25, 0.3) is 0 Å². The van der Waals surface area contributed by atoms with Crippen molar-refractivity contribution >= 4 is 0 Å². The first kappa shape index (κ1) is 22.8. The van der Waals surface area contributed by atoms with Crippen molar-refractivity contribution in [3.8, 4) is 11.1 Å². The second-order valence-electron chi connectivity index (χ2n) is 8.90. The van der Waals surface area contributed by atoms with Crippen LogP contribution in [0.5, 0.6) is 0 Å². The Morgan fingerprint density at radius 3 is 2.10 bits per heavy atom. The van der Waals surface area contributed by atoms with E-state index in [-0.39, 0.29) is 18.2 Å². The molecule has 0 saturated carbocycles. The number of halogens is 3. The molecule has 1 aliphatic rings. The fourth-order valence-corrected chi connectivity index (χ4v) is 4.55. The van der Waals surface area contributed by atoms with Gasteiger partial charge in [0, 0.05) is 25.0 Å². The SMILES string of the molecule is CC1CC(O)CC(C)N1CC(C)(O)Cc1ccccc1-c1ccc(C(F)(F)F)cc1. The quantitative estimate of drug-likeness (QED) is 0.722. The summed E-state index contributed by atoms with van der Waals surface area (Å²) in [6.45, 7) is 6.38. The smallest absolute Gasteiger partial charge is 0.393 e. The number of aliphatic hydroxyl groups is 2. The molecule has 30 heavy (non-hydrogen) atoms.